The van der Waals surface area contributed by atoms with Gasteiger partial charge in [-0.25, -0.2) is 0 Å². The molecule has 2 N–H and O–H groups in total. The molecule has 132 valence electrons. The van der Waals surface area contributed by atoms with E-state index < -0.39 is 0 Å². The van der Waals surface area contributed by atoms with Crippen molar-refractivity contribution in [2.24, 2.45) is 0 Å². The first-order valence-corrected chi connectivity index (χ1v) is 9.00. The van der Waals surface area contributed by atoms with Crippen LogP contribution in [0.2, 0.25) is 5.02 Å². The fraction of sp³-hybridized carbons (Fsp3) is 0.238. The minimum absolute atomic E-state index is 0.0335. The normalized spacial score (nSPS) is 22.8. The Bertz CT molecular complexity index is 917. The summed E-state index contributed by atoms with van der Waals surface area (Å²) < 4.78 is 0. The smallest absolute Gasteiger partial charge is 0.225 e. The van der Waals surface area contributed by atoms with E-state index in [2.05, 4.69) is 5.32 Å². The number of carbonyl (C=O) groups is 2. The summed E-state index contributed by atoms with van der Waals surface area (Å²) in [6.45, 7) is 0. The van der Waals surface area contributed by atoms with E-state index >= 15 is 0 Å². The minimum Gasteiger partial charge on any atom is -0.508 e. The number of aromatic hydroxyl groups is 1. The number of hydrogen-bond donors (Lipinski definition) is 2. The molecule has 0 bridgehead atoms. The maximum Gasteiger partial charge on any atom is 0.225 e. The Hall–Kier alpha value is -2.59. The lowest BCUT2D eigenvalue weighted by atomic mass is 9.73. The number of nitrogens with one attached hydrogen (secondary N) is 1. The molecule has 0 fully saturated rings. The Kier molecular flexibility index (Phi) is 4.29. The van der Waals surface area contributed by atoms with E-state index in [1.807, 2.05) is 24.3 Å². The van der Waals surface area contributed by atoms with Crippen molar-refractivity contribution in [2.45, 2.75) is 31.1 Å². The predicted octanol–water partition coefficient (Wildman–Crippen LogP) is 4.05. The lowest BCUT2D eigenvalue weighted by Crippen LogP contribution is -2.38. The van der Waals surface area contributed by atoms with Gasteiger partial charge in [0.25, 0.3) is 0 Å². The number of phenolic OH excluding ortho intramolecular Hbond substituents is 1. The number of ketones is 1. The van der Waals surface area contributed by atoms with Gasteiger partial charge in [0.15, 0.2) is 5.78 Å². The molecule has 0 saturated carbocycles. The van der Waals surface area contributed by atoms with Gasteiger partial charge in [-0.2, -0.15) is 0 Å². The lowest BCUT2D eigenvalue weighted by Gasteiger charge is -2.34. The molecule has 0 spiro atoms. The fourth-order valence-corrected chi connectivity index (χ4v) is 4.27. The summed E-state index contributed by atoms with van der Waals surface area (Å²) in [5.41, 5.74) is 3.21. The van der Waals surface area contributed by atoms with Gasteiger partial charge in [-0.1, -0.05) is 41.9 Å². The van der Waals surface area contributed by atoms with Crippen LogP contribution in [-0.2, 0) is 9.59 Å². The Morgan fingerprint density at radius 2 is 1.69 bits per heavy atom. The molecule has 1 amide bonds. The van der Waals surface area contributed by atoms with Gasteiger partial charge in [0.05, 0.1) is 0 Å². The molecule has 1 heterocycles. The van der Waals surface area contributed by atoms with Gasteiger partial charge in [-0.05, 0) is 41.7 Å². The van der Waals surface area contributed by atoms with Gasteiger partial charge in [0, 0.05) is 35.1 Å². The van der Waals surface area contributed by atoms with Crippen LogP contribution in [0.3, 0.4) is 0 Å². The summed E-state index contributed by atoms with van der Waals surface area (Å²) in [5, 5.41) is 13.1. The monoisotopic (exact) mass is 367 g/mol. The number of phenols is 1. The van der Waals surface area contributed by atoms with Gasteiger partial charge in [0.1, 0.15) is 5.75 Å². The van der Waals surface area contributed by atoms with Crippen molar-refractivity contribution in [1.29, 1.82) is 0 Å². The fourth-order valence-electron chi connectivity index (χ4n) is 3.98. The van der Waals surface area contributed by atoms with Crippen LogP contribution < -0.4 is 5.32 Å². The van der Waals surface area contributed by atoms with Crippen molar-refractivity contribution in [3.05, 3.63) is 76.0 Å². The standard InChI is InChI=1S/C21H18ClNO3/c22-17-4-2-1-3-15(17)13-9-18-21(19(25)10-13)16(11-20(26)23-18)12-5-7-14(24)8-6-12/h1-8,13,16,24H,9-11H2,(H,23,26)/t13-,16-/m1/s1. The Balaban J connectivity index is 1.73. The lowest BCUT2D eigenvalue weighted by molar-refractivity contribution is -0.122. The number of allylic oxidation sites excluding steroid dienone is 2. The van der Waals surface area contributed by atoms with E-state index in [1.165, 1.54) is 0 Å². The first kappa shape index (κ1) is 16.9. The number of Topliss-reactive ketones (excluding diaryl/α,β-unsaturated/α-hetero) is 1. The zero-order chi connectivity index (χ0) is 18.3. The highest BCUT2D eigenvalue weighted by Gasteiger charge is 2.38. The molecule has 2 atom stereocenters. The quantitative estimate of drug-likeness (QED) is 0.841. The van der Waals surface area contributed by atoms with Gasteiger partial charge in [-0.3, -0.25) is 9.59 Å². The third kappa shape index (κ3) is 3.01. The summed E-state index contributed by atoms with van der Waals surface area (Å²) in [4.78, 5) is 25.2. The van der Waals surface area contributed by atoms with Crippen LogP contribution in [0.5, 0.6) is 5.75 Å². The van der Waals surface area contributed by atoms with Crippen molar-refractivity contribution in [1.82, 2.24) is 5.32 Å². The molecule has 0 unspecified atom stereocenters. The number of halogens is 1. The summed E-state index contributed by atoms with van der Waals surface area (Å²) >= 11 is 6.31. The van der Waals surface area contributed by atoms with E-state index in [9.17, 15) is 14.7 Å². The molecule has 0 aromatic heterocycles. The highest BCUT2D eigenvalue weighted by atomic mass is 35.5. The van der Waals surface area contributed by atoms with E-state index in [1.54, 1.807) is 24.3 Å². The van der Waals surface area contributed by atoms with Crippen LogP contribution in [0, 0.1) is 0 Å². The molecule has 5 heteroatoms. The second-order valence-corrected chi connectivity index (χ2v) is 7.25. The molecular formula is C21H18ClNO3. The number of amides is 1. The summed E-state index contributed by atoms with van der Waals surface area (Å²) in [5.74, 6) is -0.173. The van der Waals surface area contributed by atoms with E-state index in [4.69, 9.17) is 11.6 Å². The van der Waals surface area contributed by atoms with Crippen LogP contribution >= 0.6 is 11.6 Å². The molecule has 2 aromatic rings. The molecule has 0 radical (unpaired) electrons. The van der Waals surface area contributed by atoms with Gasteiger partial charge >= 0.3 is 0 Å². The second kappa shape index (κ2) is 6.61. The third-order valence-corrected chi connectivity index (χ3v) is 5.52. The molecule has 0 saturated heterocycles. The zero-order valence-electron chi connectivity index (χ0n) is 14.0. The Morgan fingerprint density at radius 1 is 0.962 bits per heavy atom. The van der Waals surface area contributed by atoms with Crippen molar-refractivity contribution in [3.63, 3.8) is 0 Å². The second-order valence-electron chi connectivity index (χ2n) is 6.84. The summed E-state index contributed by atoms with van der Waals surface area (Å²) in [6, 6.07) is 14.3. The number of carbonyl (C=O) groups excluding carboxylic acids is 2. The van der Waals surface area contributed by atoms with Gasteiger partial charge in [-0.15, -0.1) is 0 Å². The molecule has 4 rings (SSSR count). The SMILES string of the molecule is O=C1C[C@H](c2ccc(O)cc2)C2=C(C[C@@H](c3ccccc3Cl)CC2=O)N1. The highest BCUT2D eigenvalue weighted by molar-refractivity contribution is 6.31. The highest BCUT2D eigenvalue weighted by Crippen LogP contribution is 2.43. The number of benzene rings is 2. The van der Waals surface area contributed by atoms with Crippen LogP contribution in [0.25, 0.3) is 0 Å². The van der Waals surface area contributed by atoms with Crippen molar-refractivity contribution in [3.8, 4) is 5.75 Å². The van der Waals surface area contributed by atoms with Gasteiger partial charge < -0.3 is 10.4 Å². The maximum atomic E-state index is 13.0. The first-order chi connectivity index (χ1) is 12.5. The number of rotatable bonds is 2. The molecule has 4 nitrogen and oxygen atoms in total. The number of hydrogen-bond acceptors (Lipinski definition) is 3. The van der Waals surface area contributed by atoms with E-state index in [-0.39, 0.29) is 35.7 Å². The molecule has 1 aliphatic carbocycles. The minimum atomic E-state index is -0.265. The van der Waals surface area contributed by atoms with Crippen LogP contribution in [0.4, 0.5) is 0 Å². The maximum absolute atomic E-state index is 13.0. The van der Waals surface area contributed by atoms with Crippen LogP contribution in [0.1, 0.15) is 42.2 Å². The molecule has 26 heavy (non-hydrogen) atoms. The van der Waals surface area contributed by atoms with E-state index in [0.29, 0.717) is 29.1 Å². The first-order valence-electron chi connectivity index (χ1n) is 8.62. The molecule has 1 aliphatic heterocycles. The average Bonchev–Trinajstić information content (AvgIpc) is 2.61. The topological polar surface area (TPSA) is 66.4 Å². The Morgan fingerprint density at radius 3 is 2.42 bits per heavy atom. The van der Waals surface area contributed by atoms with E-state index in [0.717, 1.165) is 11.1 Å². The van der Waals surface area contributed by atoms with Crippen molar-refractivity contribution in [2.75, 3.05) is 0 Å². The largest absolute Gasteiger partial charge is 0.508 e. The average molecular weight is 368 g/mol. The third-order valence-electron chi connectivity index (χ3n) is 5.18. The van der Waals surface area contributed by atoms with Crippen molar-refractivity contribution >= 4 is 23.3 Å². The van der Waals surface area contributed by atoms with Crippen LogP contribution in [-0.4, -0.2) is 16.8 Å². The van der Waals surface area contributed by atoms with Gasteiger partial charge in [0.2, 0.25) is 5.91 Å². The Labute approximate surface area is 156 Å². The zero-order valence-corrected chi connectivity index (χ0v) is 14.8. The van der Waals surface area contributed by atoms with Crippen molar-refractivity contribution < 1.29 is 14.7 Å². The molecular weight excluding hydrogens is 350 g/mol. The van der Waals surface area contributed by atoms with Crippen LogP contribution in [0.15, 0.2) is 59.8 Å². The predicted molar refractivity (Wildman–Crippen MR) is 99.1 cm³/mol. The summed E-state index contributed by atoms with van der Waals surface area (Å²) in [7, 11) is 0. The molecule has 2 aliphatic rings. The summed E-state index contributed by atoms with van der Waals surface area (Å²) in [6.07, 6.45) is 1.21. The molecule has 2 aromatic carbocycles.